The molecule has 0 spiro atoms. The number of hydrogen-bond donors (Lipinski definition) is 0. The first-order chi connectivity index (χ1) is 7.54. The Labute approximate surface area is 102 Å². The van der Waals surface area contributed by atoms with Crippen molar-refractivity contribution in [2.75, 3.05) is 6.61 Å². The molecular formula is C12H12BrFO2. The number of hydrogen-bond acceptors (Lipinski definition) is 2. The van der Waals surface area contributed by atoms with E-state index in [2.05, 4.69) is 22.5 Å². The maximum absolute atomic E-state index is 14.4. The van der Waals surface area contributed by atoms with Crippen LogP contribution in [0.3, 0.4) is 0 Å². The molecule has 0 aliphatic heterocycles. The molecule has 0 saturated heterocycles. The second-order valence-electron chi connectivity index (χ2n) is 3.15. The monoisotopic (exact) mass is 286 g/mol. The van der Waals surface area contributed by atoms with E-state index in [9.17, 15) is 9.18 Å². The average Bonchev–Trinajstić information content (AvgIpc) is 2.28. The number of halogens is 2. The molecule has 1 atom stereocenters. The van der Waals surface area contributed by atoms with Crippen LogP contribution >= 0.6 is 15.9 Å². The van der Waals surface area contributed by atoms with E-state index in [0.717, 1.165) is 6.08 Å². The number of benzene rings is 1. The van der Waals surface area contributed by atoms with Gasteiger partial charge >= 0.3 is 5.97 Å². The second kappa shape index (κ2) is 5.25. The number of ether oxygens (including phenoxy) is 1. The van der Waals surface area contributed by atoms with Crippen LogP contribution in [0.2, 0.25) is 0 Å². The molecule has 16 heavy (non-hydrogen) atoms. The second-order valence-corrected chi connectivity index (χ2v) is 4.06. The summed E-state index contributed by atoms with van der Waals surface area (Å²) in [7, 11) is 0. The Morgan fingerprint density at radius 3 is 2.88 bits per heavy atom. The van der Waals surface area contributed by atoms with Gasteiger partial charge < -0.3 is 4.74 Å². The topological polar surface area (TPSA) is 26.3 Å². The molecule has 0 aliphatic rings. The number of esters is 1. The molecular weight excluding hydrogens is 275 g/mol. The number of rotatable bonds is 4. The van der Waals surface area contributed by atoms with Crippen molar-refractivity contribution in [1.29, 1.82) is 0 Å². The molecule has 0 bridgehead atoms. The molecule has 0 fully saturated rings. The number of alkyl halides is 1. The van der Waals surface area contributed by atoms with Crippen LogP contribution in [-0.2, 0) is 15.2 Å². The summed E-state index contributed by atoms with van der Waals surface area (Å²) >= 11 is 3.22. The lowest BCUT2D eigenvalue weighted by molar-refractivity contribution is -0.154. The summed E-state index contributed by atoms with van der Waals surface area (Å²) in [5.74, 6) is -0.942. The molecule has 0 aliphatic carbocycles. The minimum Gasteiger partial charge on any atom is -0.463 e. The highest BCUT2D eigenvalue weighted by Crippen LogP contribution is 2.30. The van der Waals surface area contributed by atoms with Crippen molar-refractivity contribution in [2.24, 2.45) is 0 Å². The van der Waals surface area contributed by atoms with Gasteiger partial charge in [-0.05, 0) is 25.1 Å². The van der Waals surface area contributed by atoms with E-state index in [4.69, 9.17) is 4.74 Å². The van der Waals surface area contributed by atoms with Gasteiger partial charge in [0.1, 0.15) is 0 Å². The Balaban J connectivity index is 3.14. The van der Waals surface area contributed by atoms with E-state index in [1.807, 2.05) is 0 Å². The molecule has 4 heteroatoms. The van der Waals surface area contributed by atoms with Crippen LogP contribution in [-0.4, -0.2) is 12.6 Å². The van der Waals surface area contributed by atoms with Gasteiger partial charge in [-0.15, -0.1) is 0 Å². The van der Waals surface area contributed by atoms with Gasteiger partial charge in [0.05, 0.1) is 6.61 Å². The summed E-state index contributed by atoms with van der Waals surface area (Å²) in [4.78, 5) is 11.5. The fourth-order valence-corrected chi connectivity index (χ4v) is 1.67. The van der Waals surface area contributed by atoms with Crippen molar-refractivity contribution < 1.29 is 13.9 Å². The molecule has 2 nitrogen and oxygen atoms in total. The third-order valence-electron chi connectivity index (χ3n) is 2.10. The van der Waals surface area contributed by atoms with Crippen LogP contribution in [0.15, 0.2) is 41.4 Å². The zero-order valence-electron chi connectivity index (χ0n) is 8.87. The van der Waals surface area contributed by atoms with Crippen molar-refractivity contribution in [1.82, 2.24) is 0 Å². The van der Waals surface area contributed by atoms with E-state index >= 15 is 0 Å². The highest BCUT2D eigenvalue weighted by Gasteiger charge is 2.39. The first-order valence-electron chi connectivity index (χ1n) is 4.80. The van der Waals surface area contributed by atoms with Crippen LogP contribution in [0.4, 0.5) is 4.39 Å². The van der Waals surface area contributed by atoms with E-state index in [0.29, 0.717) is 4.47 Å². The fourth-order valence-electron chi connectivity index (χ4n) is 1.27. The summed E-state index contributed by atoms with van der Waals surface area (Å²) in [6.45, 7) is 5.11. The fraction of sp³-hybridized carbons (Fsp3) is 0.250. The normalized spacial score (nSPS) is 13.9. The van der Waals surface area contributed by atoms with E-state index in [-0.39, 0.29) is 12.2 Å². The molecule has 0 aromatic heterocycles. The van der Waals surface area contributed by atoms with Gasteiger partial charge in [0, 0.05) is 10.0 Å². The third-order valence-corrected chi connectivity index (χ3v) is 2.59. The quantitative estimate of drug-likeness (QED) is 0.627. The first-order valence-corrected chi connectivity index (χ1v) is 5.59. The van der Waals surface area contributed by atoms with Gasteiger partial charge in [-0.2, -0.15) is 0 Å². The minimum absolute atomic E-state index is 0.131. The zero-order valence-corrected chi connectivity index (χ0v) is 10.5. The molecule has 0 saturated carbocycles. The van der Waals surface area contributed by atoms with Gasteiger partial charge in [-0.25, -0.2) is 9.18 Å². The Morgan fingerprint density at radius 2 is 2.38 bits per heavy atom. The summed E-state index contributed by atoms with van der Waals surface area (Å²) in [6, 6.07) is 6.44. The lowest BCUT2D eigenvalue weighted by Crippen LogP contribution is -2.30. The largest absolute Gasteiger partial charge is 0.463 e. The molecule has 0 heterocycles. The van der Waals surface area contributed by atoms with E-state index in [1.54, 1.807) is 19.1 Å². The van der Waals surface area contributed by atoms with Gasteiger partial charge in [-0.1, -0.05) is 34.6 Å². The van der Waals surface area contributed by atoms with Gasteiger partial charge in [-0.3, -0.25) is 0 Å². The molecule has 0 radical (unpaired) electrons. The van der Waals surface area contributed by atoms with Crippen molar-refractivity contribution in [3.63, 3.8) is 0 Å². The SMILES string of the molecule is C=CC(F)(C(=O)OCC)c1cccc(Br)c1. The number of carbonyl (C=O) groups is 1. The summed E-state index contributed by atoms with van der Waals surface area (Å²) in [5, 5.41) is 0. The van der Waals surface area contributed by atoms with Gasteiger partial charge in [0.25, 0.3) is 0 Å². The molecule has 86 valence electrons. The van der Waals surface area contributed by atoms with Gasteiger partial charge in [0.2, 0.25) is 5.67 Å². The molecule has 0 amide bonds. The van der Waals surface area contributed by atoms with Crippen LogP contribution in [0, 0.1) is 0 Å². The maximum atomic E-state index is 14.4. The maximum Gasteiger partial charge on any atom is 0.352 e. The molecule has 1 aromatic rings. The van der Waals surface area contributed by atoms with Crippen molar-refractivity contribution in [3.05, 3.63) is 47.0 Å². The lowest BCUT2D eigenvalue weighted by Gasteiger charge is -2.19. The Morgan fingerprint density at radius 1 is 1.69 bits per heavy atom. The smallest absolute Gasteiger partial charge is 0.352 e. The highest BCUT2D eigenvalue weighted by molar-refractivity contribution is 9.10. The zero-order chi connectivity index (χ0) is 12.2. The molecule has 1 rings (SSSR count). The molecule has 1 aromatic carbocycles. The Bertz CT molecular complexity index is 406. The minimum atomic E-state index is -2.29. The van der Waals surface area contributed by atoms with Crippen LogP contribution < -0.4 is 0 Å². The standard InChI is InChI=1S/C12H12BrFO2/c1-3-12(14,11(15)16-4-2)9-6-5-7-10(13)8-9/h3,5-8H,1,4H2,2H3. The Hall–Kier alpha value is -1.16. The Kier molecular flexibility index (Phi) is 4.24. The van der Waals surface area contributed by atoms with Crippen LogP contribution in [0.25, 0.3) is 0 Å². The summed E-state index contributed by atoms with van der Waals surface area (Å²) < 4.78 is 19.8. The third kappa shape index (κ3) is 2.50. The van der Waals surface area contributed by atoms with Crippen LogP contribution in [0.5, 0.6) is 0 Å². The van der Waals surface area contributed by atoms with Crippen molar-refractivity contribution >= 4 is 21.9 Å². The van der Waals surface area contributed by atoms with Crippen LogP contribution in [0.1, 0.15) is 12.5 Å². The van der Waals surface area contributed by atoms with E-state index < -0.39 is 11.6 Å². The lowest BCUT2D eigenvalue weighted by atomic mass is 9.96. The highest BCUT2D eigenvalue weighted by atomic mass is 79.9. The van der Waals surface area contributed by atoms with Gasteiger partial charge in [0.15, 0.2) is 0 Å². The average molecular weight is 287 g/mol. The van der Waals surface area contributed by atoms with Crippen molar-refractivity contribution in [3.8, 4) is 0 Å². The predicted molar refractivity (Wildman–Crippen MR) is 63.8 cm³/mol. The molecule has 1 unspecified atom stereocenters. The summed E-state index contributed by atoms with van der Waals surface area (Å²) in [5.41, 5.74) is -2.09. The van der Waals surface area contributed by atoms with E-state index in [1.165, 1.54) is 12.1 Å². The number of carbonyl (C=O) groups excluding carboxylic acids is 1. The first kappa shape index (κ1) is 12.9. The van der Waals surface area contributed by atoms with Crippen molar-refractivity contribution in [2.45, 2.75) is 12.6 Å². The molecule has 0 N–H and O–H groups in total. The summed E-state index contributed by atoms with van der Waals surface area (Å²) in [6.07, 6.45) is 0.951. The predicted octanol–water partition coefficient (Wildman–Crippen LogP) is 3.36.